The van der Waals surface area contributed by atoms with Gasteiger partial charge in [-0.15, -0.1) is 0 Å². The number of methoxy groups -OCH3 is 1. The van der Waals surface area contributed by atoms with Crippen molar-refractivity contribution in [2.45, 2.75) is 19.9 Å². The number of likely N-dealkylation sites (N-methyl/N-ethyl adjacent to an activating group) is 1. The van der Waals surface area contributed by atoms with Gasteiger partial charge >= 0.3 is 0 Å². The summed E-state index contributed by atoms with van der Waals surface area (Å²) in [6, 6.07) is 14.5. The number of ether oxygens (including phenoxy) is 2. The van der Waals surface area contributed by atoms with Gasteiger partial charge in [-0.1, -0.05) is 18.2 Å². The predicted molar refractivity (Wildman–Crippen MR) is 109 cm³/mol. The van der Waals surface area contributed by atoms with E-state index in [1.807, 2.05) is 38.1 Å². The highest BCUT2D eigenvalue weighted by molar-refractivity contribution is 5.95. The molecule has 0 radical (unpaired) electrons. The van der Waals surface area contributed by atoms with Crippen LogP contribution < -0.4 is 9.47 Å². The summed E-state index contributed by atoms with van der Waals surface area (Å²) in [5.74, 6) is 1.01. The van der Waals surface area contributed by atoms with Crippen LogP contribution in [0.25, 0.3) is 0 Å². The van der Waals surface area contributed by atoms with Gasteiger partial charge < -0.3 is 19.3 Å². The highest BCUT2D eigenvalue weighted by atomic mass is 16.5. The lowest BCUT2D eigenvalue weighted by atomic mass is 10.0. The minimum atomic E-state index is -0.140. The van der Waals surface area contributed by atoms with E-state index in [2.05, 4.69) is 0 Å². The van der Waals surface area contributed by atoms with Gasteiger partial charge in [-0.2, -0.15) is 0 Å². The third kappa shape index (κ3) is 5.25. The van der Waals surface area contributed by atoms with Crippen molar-refractivity contribution in [1.29, 1.82) is 0 Å². The summed E-state index contributed by atoms with van der Waals surface area (Å²) >= 11 is 0. The molecule has 0 bridgehead atoms. The second-order valence-electron chi connectivity index (χ2n) is 6.65. The van der Waals surface area contributed by atoms with E-state index in [4.69, 9.17) is 9.47 Å². The van der Waals surface area contributed by atoms with Crippen molar-refractivity contribution in [1.82, 2.24) is 9.80 Å². The molecule has 2 amide bonds. The highest BCUT2D eigenvalue weighted by Crippen LogP contribution is 2.26. The second-order valence-corrected chi connectivity index (χ2v) is 6.65. The van der Waals surface area contributed by atoms with Crippen molar-refractivity contribution >= 4 is 11.8 Å². The topological polar surface area (TPSA) is 59.1 Å². The lowest BCUT2D eigenvalue weighted by molar-refractivity contribution is -0.130. The van der Waals surface area contributed by atoms with Gasteiger partial charge in [-0.05, 0) is 49.7 Å². The molecule has 0 saturated heterocycles. The molecule has 0 aromatic heterocycles. The van der Waals surface area contributed by atoms with E-state index in [-0.39, 0.29) is 24.5 Å². The normalized spacial score (nSPS) is 11.5. The van der Waals surface area contributed by atoms with Crippen LogP contribution in [-0.2, 0) is 4.79 Å². The Kier molecular flexibility index (Phi) is 7.44. The highest BCUT2D eigenvalue weighted by Gasteiger charge is 2.22. The molecular weight excluding hydrogens is 356 g/mol. The van der Waals surface area contributed by atoms with E-state index in [0.29, 0.717) is 17.9 Å². The average molecular weight is 384 g/mol. The molecule has 0 spiro atoms. The Labute approximate surface area is 166 Å². The van der Waals surface area contributed by atoms with Crippen molar-refractivity contribution in [3.05, 3.63) is 59.7 Å². The molecule has 0 saturated carbocycles. The fourth-order valence-corrected chi connectivity index (χ4v) is 2.83. The zero-order valence-electron chi connectivity index (χ0n) is 17.1. The van der Waals surface area contributed by atoms with E-state index in [9.17, 15) is 9.59 Å². The Morgan fingerprint density at radius 2 is 1.71 bits per heavy atom. The van der Waals surface area contributed by atoms with E-state index >= 15 is 0 Å². The van der Waals surface area contributed by atoms with E-state index < -0.39 is 0 Å². The van der Waals surface area contributed by atoms with Gasteiger partial charge in [0.15, 0.2) is 6.61 Å². The average Bonchev–Trinajstić information content (AvgIpc) is 2.72. The first-order valence-electron chi connectivity index (χ1n) is 9.25. The van der Waals surface area contributed by atoms with Crippen molar-refractivity contribution in [2.75, 3.05) is 34.4 Å². The van der Waals surface area contributed by atoms with Gasteiger partial charge in [0, 0.05) is 26.2 Å². The van der Waals surface area contributed by atoms with Gasteiger partial charge in [0.2, 0.25) is 0 Å². The molecule has 150 valence electrons. The van der Waals surface area contributed by atoms with E-state index in [1.165, 1.54) is 4.90 Å². The quantitative estimate of drug-likeness (QED) is 0.700. The molecule has 0 aliphatic rings. The molecule has 2 aromatic rings. The SMILES string of the molecule is CCN(C(=O)c1cccc(OCC(=O)N(C)C)c1)C(C)c1cccc(OC)c1. The maximum absolute atomic E-state index is 13.1. The van der Waals surface area contributed by atoms with Gasteiger partial charge in [-0.3, -0.25) is 9.59 Å². The number of carbonyl (C=O) groups is 2. The summed E-state index contributed by atoms with van der Waals surface area (Å²) in [6.45, 7) is 4.43. The van der Waals surface area contributed by atoms with Crippen LogP contribution in [0, 0.1) is 0 Å². The van der Waals surface area contributed by atoms with Crippen molar-refractivity contribution in [2.24, 2.45) is 0 Å². The van der Waals surface area contributed by atoms with Gasteiger partial charge in [0.1, 0.15) is 11.5 Å². The first kappa shape index (κ1) is 21.3. The molecule has 1 atom stereocenters. The maximum atomic E-state index is 13.1. The maximum Gasteiger partial charge on any atom is 0.259 e. The van der Waals surface area contributed by atoms with Crippen LogP contribution in [0.2, 0.25) is 0 Å². The monoisotopic (exact) mass is 384 g/mol. The zero-order chi connectivity index (χ0) is 20.7. The fraction of sp³-hybridized carbons (Fsp3) is 0.364. The molecule has 6 nitrogen and oxygen atoms in total. The molecule has 0 N–H and O–H groups in total. The molecule has 0 fully saturated rings. The van der Waals surface area contributed by atoms with Crippen molar-refractivity contribution in [3.8, 4) is 11.5 Å². The Bertz CT molecular complexity index is 820. The molecule has 0 heterocycles. The molecule has 6 heteroatoms. The smallest absolute Gasteiger partial charge is 0.259 e. The largest absolute Gasteiger partial charge is 0.497 e. The predicted octanol–water partition coefficient (Wildman–Crippen LogP) is 3.39. The zero-order valence-corrected chi connectivity index (χ0v) is 17.1. The number of carbonyl (C=O) groups excluding carboxylic acids is 2. The number of hydrogen-bond donors (Lipinski definition) is 0. The lowest BCUT2D eigenvalue weighted by Gasteiger charge is -2.29. The molecule has 2 aromatic carbocycles. The van der Waals surface area contributed by atoms with E-state index in [1.54, 1.807) is 50.4 Å². The number of amides is 2. The summed E-state index contributed by atoms with van der Waals surface area (Å²) in [4.78, 5) is 28.1. The summed E-state index contributed by atoms with van der Waals surface area (Å²) in [7, 11) is 4.97. The van der Waals surface area contributed by atoms with Gasteiger partial charge in [0.25, 0.3) is 11.8 Å². The summed E-state index contributed by atoms with van der Waals surface area (Å²) < 4.78 is 10.8. The summed E-state index contributed by atoms with van der Waals surface area (Å²) in [5, 5.41) is 0. The van der Waals surface area contributed by atoms with Crippen LogP contribution in [0.1, 0.15) is 35.8 Å². The van der Waals surface area contributed by atoms with Crippen LogP contribution in [0.3, 0.4) is 0 Å². The molecule has 2 rings (SSSR count). The summed E-state index contributed by atoms with van der Waals surface area (Å²) in [5.41, 5.74) is 1.52. The number of rotatable bonds is 8. The Hall–Kier alpha value is -3.02. The van der Waals surface area contributed by atoms with Crippen LogP contribution >= 0.6 is 0 Å². The first-order valence-corrected chi connectivity index (χ1v) is 9.25. The summed E-state index contributed by atoms with van der Waals surface area (Å²) in [6.07, 6.45) is 0. The van der Waals surface area contributed by atoms with Gasteiger partial charge in [-0.25, -0.2) is 0 Å². The number of nitrogens with zero attached hydrogens (tertiary/aromatic N) is 2. The Balaban J connectivity index is 2.17. The molecule has 1 unspecified atom stereocenters. The molecule has 0 aliphatic heterocycles. The number of hydrogen-bond acceptors (Lipinski definition) is 4. The van der Waals surface area contributed by atoms with Crippen LogP contribution in [0.4, 0.5) is 0 Å². The fourth-order valence-electron chi connectivity index (χ4n) is 2.83. The Morgan fingerprint density at radius 1 is 1.04 bits per heavy atom. The van der Waals surface area contributed by atoms with Gasteiger partial charge in [0.05, 0.1) is 13.2 Å². The minimum absolute atomic E-state index is 0.0671. The standard InChI is InChI=1S/C22H28N2O4/c1-6-24(16(2)17-9-7-11-19(13-17)27-5)22(26)18-10-8-12-20(14-18)28-15-21(25)23(3)4/h7-14,16H,6,15H2,1-5H3. The first-order chi connectivity index (χ1) is 13.4. The number of benzene rings is 2. The molecule has 0 aliphatic carbocycles. The molecule has 28 heavy (non-hydrogen) atoms. The third-order valence-electron chi connectivity index (χ3n) is 4.59. The minimum Gasteiger partial charge on any atom is -0.497 e. The molecular formula is C22H28N2O4. The third-order valence-corrected chi connectivity index (χ3v) is 4.59. The van der Waals surface area contributed by atoms with E-state index in [0.717, 1.165) is 11.3 Å². The second kappa shape index (κ2) is 9.78. The van der Waals surface area contributed by atoms with Crippen molar-refractivity contribution in [3.63, 3.8) is 0 Å². The van der Waals surface area contributed by atoms with Crippen molar-refractivity contribution < 1.29 is 19.1 Å². The van der Waals surface area contributed by atoms with Crippen LogP contribution in [0.5, 0.6) is 11.5 Å². The lowest BCUT2D eigenvalue weighted by Crippen LogP contribution is -2.33. The van der Waals surface area contributed by atoms with Crippen LogP contribution in [-0.4, -0.2) is 56.0 Å². The Morgan fingerprint density at radius 3 is 2.36 bits per heavy atom. The van der Waals surface area contributed by atoms with Crippen LogP contribution in [0.15, 0.2) is 48.5 Å².